The van der Waals surface area contributed by atoms with Gasteiger partial charge in [0, 0.05) is 51.5 Å². The highest BCUT2D eigenvalue weighted by atomic mass is 32.2. The molecule has 0 bridgehead atoms. The van der Waals surface area contributed by atoms with Crippen molar-refractivity contribution in [2.75, 3.05) is 57.7 Å². The van der Waals surface area contributed by atoms with Gasteiger partial charge in [-0.2, -0.15) is 4.31 Å². The maximum Gasteiger partial charge on any atom is 0.243 e. The van der Waals surface area contributed by atoms with E-state index >= 15 is 0 Å². The molecule has 2 aliphatic rings. The van der Waals surface area contributed by atoms with E-state index < -0.39 is 10.0 Å². The molecule has 0 unspecified atom stereocenters. The number of piperazine rings is 1. The maximum atomic E-state index is 12.6. The molecule has 2 saturated heterocycles. The molecule has 0 radical (unpaired) electrons. The van der Waals surface area contributed by atoms with Crippen LogP contribution in [0.5, 0.6) is 0 Å². The van der Waals surface area contributed by atoms with Crippen LogP contribution in [0.15, 0.2) is 65.6 Å². The van der Waals surface area contributed by atoms with E-state index in [-0.39, 0.29) is 10.8 Å². The van der Waals surface area contributed by atoms with E-state index in [0.29, 0.717) is 25.3 Å². The summed E-state index contributed by atoms with van der Waals surface area (Å²) in [7, 11) is -3.43. The Morgan fingerprint density at radius 2 is 1.48 bits per heavy atom. The highest BCUT2D eigenvalue weighted by Gasteiger charge is 2.27. The Morgan fingerprint density at radius 1 is 0.848 bits per heavy atom. The SMILES string of the molecule is O=C(CN1CCN(CC=Cc2ccccc2)CC1)Nc1ccc(S(=O)(=O)N2CCCC2)cc1. The van der Waals surface area contributed by atoms with Crippen LogP contribution in [0.25, 0.3) is 6.08 Å². The monoisotopic (exact) mass is 468 g/mol. The third-order valence-corrected chi connectivity index (χ3v) is 8.06. The van der Waals surface area contributed by atoms with E-state index in [1.165, 1.54) is 9.87 Å². The Balaban J connectivity index is 1.20. The topological polar surface area (TPSA) is 73.0 Å². The number of nitrogens with one attached hydrogen (secondary N) is 1. The minimum atomic E-state index is -3.43. The number of carbonyl (C=O) groups excluding carboxylic acids is 1. The molecular weight excluding hydrogens is 436 g/mol. The van der Waals surface area contributed by atoms with Crippen molar-refractivity contribution in [3.63, 3.8) is 0 Å². The second-order valence-electron chi connectivity index (χ2n) is 8.57. The Hall–Kier alpha value is -2.52. The van der Waals surface area contributed by atoms with Crippen molar-refractivity contribution in [1.82, 2.24) is 14.1 Å². The van der Waals surface area contributed by atoms with E-state index in [4.69, 9.17) is 0 Å². The standard InChI is InChI=1S/C25H32N4O3S/c30-25(26-23-10-12-24(13-11-23)33(31,32)29-15-4-5-16-29)21-28-19-17-27(18-20-28)14-6-9-22-7-2-1-3-8-22/h1-3,6-13H,4-5,14-21H2,(H,26,30). The summed E-state index contributed by atoms with van der Waals surface area (Å²) >= 11 is 0. The third kappa shape index (κ3) is 6.51. The third-order valence-electron chi connectivity index (χ3n) is 6.15. The molecule has 2 fully saturated rings. The maximum absolute atomic E-state index is 12.6. The summed E-state index contributed by atoms with van der Waals surface area (Å²) in [4.78, 5) is 17.3. The van der Waals surface area contributed by atoms with Crippen LogP contribution in [-0.4, -0.2) is 80.8 Å². The van der Waals surface area contributed by atoms with Gasteiger partial charge < -0.3 is 5.32 Å². The van der Waals surface area contributed by atoms with Gasteiger partial charge in [-0.25, -0.2) is 8.42 Å². The molecule has 2 aliphatic heterocycles. The highest BCUT2D eigenvalue weighted by Crippen LogP contribution is 2.22. The fourth-order valence-corrected chi connectivity index (χ4v) is 5.74. The Morgan fingerprint density at radius 3 is 2.15 bits per heavy atom. The number of amides is 1. The van der Waals surface area contributed by atoms with Crippen LogP contribution in [0.3, 0.4) is 0 Å². The first-order chi connectivity index (χ1) is 16.0. The van der Waals surface area contributed by atoms with Gasteiger partial charge in [0.2, 0.25) is 15.9 Å². The molecule has 2 aromatic carbocycles. The van der Waals surface area contributed by atoms with Crippen LogP contribution >= 0.6 is 0 Å². The number of carbonyl (C=O) groups is 1. The van der Waals surface area contributed by atoms with Gasteiger partial charge in [-0.15, -0.1) is 0 Å². The largest absolute Gasteiger partial charge is 0.325 e. The minimum Gasteiger partial charge on any atom is -0.325 e. The molecule has 1 amide bonds. The first-order valence-electron chi connectivity index (χ1n) is 11.6. The average Bonchev–Trinajstić information content (AvgIpc) is 3.37. The number of anilines is 1. The van der Waals surface area contributed by atoms with Crippen molar-refractivity contribution in [1.29, 1.82) is 0 Å². The number of sulfonamides is 1. The number of benzene rings is 2. The van der Waals surface area contributed by atoms with Gasteiger partial charge in [-0.3, -0.25) is 14.6 Å². The summed E-state index contributed by atoms with van der Waals surface area (Å²) in [5.74, 6) is -0.0810. The predicted molar refractivity (Wildman–Crippen MR) is 131 cm³/mol. The second kappa shape index (κ2) is 11.1. The molecule has 2 heterocycles. The first kappa shape index (κ1) is 23.6. The highest BCUT2D eigenvalue weighted by molar-refractivity contribution is 7.89. The molecule has 1 N–H and O–H groups in total. The number of hydrogen-bond acceptors (Lipinski definition) is 5. The predicted octanol–water partition coefficient (Wildman–Crippen LogP) is 2.74. The van der Waals surface area contributed by atoms with Crippen molar-refractivity contribution in [3.05, 3.63) is 66.2 Å². The lowest BCUT2D eigenvalue weighted by Crippen LogP contribution is -2.48. The molecule has 4 rings (SSSR count). The zero-order chi connectivity index (χ0) is 23.1. The van der Waals surface area contributed by atoms with Gasteiger partial charge in [0.1, 0.15) is 0 Å². The average molecular weight is 469 g/mol. The van der Waals surface area contributed by atoms with Gasteiger partial charge in [0.25, 0.3) is 0 Å². The van der Waals surface area contributed by atoms with Crippen molar-refractivity contribution in [2.45, 2.75) is 17.7 Å². The lowest BCUT2D eigenvalue weighted by atomic mass is 10.2. The Kier molecular flexibility index (Phi) is 7.93. The molecule has 0 spiro atoms. The van der Waals surface area contributed by atoms with Crippen LogP contribution in [-0.2, 0) is 14.8 Å². The van der Waals surface area contributed by atoms with Crippen molar-refractivity contribution in [3.8, 4) is 0 Å². The van der Waals surface area contributed by atoms with Gasteiger partial charge in [-0.1, -0.05) is 42.5 Å². The van der Waals surface area contributed by atoms with Crippen LogP contribution < -0.4 is 5.32 Å². The fraction of sp³-hybridized carbons (Fsp3) is 0.400. The molecule has 176 valence electrons. The van der Waals surface area contributed by atoms with Crippen molar-refractivity contribution in [2.24, 2.45) is 0 Å². The normalized spacial score (nSPS) is 18.7. The molecule has 8 heteroatoms. The van der Waals surface area contributed by atoms with Crippen LogP contribution in [0.1, 0.15) is 18.4 Å². The quantitative estimate of drug-likeness (QED) is 0.645. The second-order valence-corrected chi connectivity index (χ2v) is 10.5. The lowest BCUT2D eigenvalue weighted by molar-refractivity contribution is -0.117. The first-order valence-corrected chi connectivity index (χ1v) is 13.0. The zero-order valence-corrected chi connectivity index (χ0v) is 19.7. The summed E-state index contributed by atoms with van der Waals surface area (Å²) in [6.07, 6.45) is 6.14. The molecule has 0 atom stereocenters. The van der Waals surface area contributed by atoms with E-state index in [2.05, 4.69) is 39.4 Å². The molecule has 0 aromatic heterocycles. The van der Waals surface area contributed by atoms with Gasteiger partial charge >= 0.3 is 0 Å². The summed E-state index contributed by atoms with van der Waals surface area (Å²) in [6.45, 7) is 5.95. The minimum absolute atomic E-state index is 0.0810. The van der Waals surface area contributed by atoms with Crippen LogP contribution in [0.4, 0.5) is 5.69 Å². The van der Waals surface area contributed by atoms with Crippen molar-refractivity contribution < 1.29 is 13.2 Å². The Labute approximate surface area is 196 Å². The Bertz CT molecular complexity index is 1040. The molecule has 2 aromatic rings. The van der Waals surface area contributed by atoms with E-state index in [9.17, 15) is 13.2 Å². The van der Waals surface area contributed by atoms with Crippen molar-refractivity contribution >= 4 is 27.7 Å². The van der Waals surface area contributed by atoms with E-state index in [1.807, 2.05) is 18.2 Å². The van der Waals surface area contributed by atoms with Crippen LogP contribution in [0.2, 0.25) is 0 Å². The number of nitrogens with zero attached hydrogens (tertiary/aromatic N) is 3. The van der Waals surface area contributed by atoms with E-state index in [0.717, 1.165) is 45.6 Å². The van der Waals surface area contributed by atoms with Gasteiger partial charge in [-0.05, 0) is 42.7 Å². The summed E-state index contributed by atoms with van der Waals surface area (Å²) < 4.78 is 26.8. The number of rotatable bonds is 8. The molecular formula is C25H32N4O3S. The van der Waals surface area contributed by atoms with Crippen LogP contribution in [0, 0.1) is 0 Å². The zero-order valence-electron chi connectivity index (χ0n) is 18.9. The summed E-state index contributed by atoms with van der Waals surface area (Å²) in [5, 5.41) is 2.89. The summed E-state index contributed by atoms with van der Waals surface area (Å²) in [5.41, 5.74) is 1.82. The molecule has 7 nitrogen and oxygen atoms in total. The number of hydrogen-bond donors (Lipinski definition) is 1. The summed E-state index contributed by atoms with van der Waals surface area (Å²) in [6, 6.07) is 16.7. The fourth-order valence-electron chi connectivity index (χ4n) is 4.22. The van der Waals surface area contributed by atoms with Gasteiger partial charge in [0.15, 0.2) is 0 Å². The van der Waals surface area contributed by atoms with E-state index in [1.54, 1.807) is 24.3 Å². The smallest absolute Gasteiger partial charge is 0.243 e. The lowest BCUT2D eigenvalue weighted by Gasteiger charge is -2.33. The molecule has 0 aliphatic carbocycles. The molecule has 33 heavy (non-hydrogen) atoms. The molecule has 0 saturated carbocycles. The van der Waals surface area contributed by atoms with Gasteiger partial charge in [0.05, 0.1) is 11.4 Å².